The topological polar surface area (TPSA) is 78.3 Å². The molecular formula is C14H20N2O2. The molecule has 0 atom stereocenters. The van der Waals surface area contributed by atoms with Crippen molar-refractivity contribution < 1.29 is 9.53 Å². The Hall–Kier alpha value is -1.55. The molecule has 4 N–H and O–H groups in total. The van der Waals surface area contributed by atoms with Gasteiger partial charge in [-0.1, -0.05) is 19.1 Å². The van der Waals surface area contributed by atoms with Crippen LogP contribution in [0.25, 0.3) is 0 Å². The van der Waals surface area contributed by atoms with Crippen molar-refractivity contribution in [2.75, 3.05) is 6.61 Å². The minimum Gasteiger partial charge on any atom is -0.493 e. The van der Waals surface area contributed by atoms with E-state index in [-0.39, 0.29) is 0 Å². The number of primary amides is 1. The van der Waals surface area contributed by atoms with Crippen LogP contribution in [0.4, 0.5) is 0 Å². The van der Waals surface area contributed by atoms with E-state index in [1.807, 2.05) is 6.07 Å². The quantitative estimate of drug-likeness (QED) is 0.832. The van der Waals surface area contributed by atoms with Crippen LogP contribution in [0.15, 0.2) is 24.3 Å². The van der Waals surface area contributed by atoms with Crippen LogP contribution in [0.3, 0.4) is 0 Å². The van der Waals surface area contributed by atoms with Crippen molar-refractivity contribution in [2.45, 2.75) is 32.2 Å². The largest absolute Gasteiger partial charge is 0.493 e. The number of para-hydroxylation sites is 1. The third-order valence-electron chi connectivity index (χ3n) is 3.63. The first kappa shape index (κ1) is 12.9. The maximum atomic E-state index is 11.2. The van der Waals surface area contributed by atoms with E-state index in [4.69, 9.17) is 16.2 Å². The minimum absolute atomic E-state index is 0.293. The van der Waals surface area contributed by atoms with E-state index >= 15 is 0 Å². The fourth-order valence-electron chi connectivity index (χ4n) is 2.61. The second-order valence-electron chi connectivity index (χ2n) is 5.44. The molecule has 0 saturated heterocycles. The normalized spacial score (nSPS) is 26.4. The summed E-state index contributed by atoms with van der Waals surface area (Å²) in [5.41, 5.74) is 11.8. The molecule has 1 fully saturated rings. The predicted molar refractivity (Wildman–Crippen MR) is 70.4 cm³/mol. The molecule has 4 nitrogen and oxygen atoms in total. The second kappa shape index (κ2) is 4.98. The van der Waals surface area contributed by atoms with Gasteiger partial charge in [-0.15, -0.1) is 0 Å². The first-order valence-electron chi connectivity index (χ1n) is 6.27. The van der Waals surface area contributed by atoms with Gasteiger partial charge in [-0.05, 0) is 36.8 Å². The standard InChI is InChI=1S/C14H20N2O2/c1-14(8-10(15)9-14)6-7-18-12-5-3-2-4-11(12)13(16)17/h2-5,10H,6-9,15H2,1H3,(H2,16,17). The molecule has 98 valence electrons. The number of carbonyl (C=O) groups is 1. The van der Waals surface area contributed by atoms with Crippen LogP contribution >= 0.6 is 0 Å². The lowest BCUT2D eigenvalue weighted by atomic mass is 9.65. The monoisotopic (exact) mass is 248 g/mol. The number of rotatable bonds is 5. The Morgan fingerprint density at radius 2 is 2.11 bits per heavy atom. The summed E-state index contributed by atoms with van der Waals surface area (Å²) in [7, 11) is 0. The number of carbonyl (C=O) groups excluding carboxylic acids is 1. The molecule has 0 heterocycles. The van der Waals surface area contributed by atoms with Crippen molar-refractivity contribution in [2.24, 2.45) is 16.9 Å². The van der Waals surface area contributed by atoms with Crippen LogP contribution < -0.4 is 16.2 Å². The summed E-state index contributed by atoms with van der Waals surface area (Å²) in [5, 5.41) is 0. The smallest absolute Gasteiger partial charge is 0.252 e. The fraction of sp³-hybridized carbons (Fsp3) is 0.500. The van der Waals surface area contributed by atoms with Crippen LogP contribution in [-0.4, -0.2) is 18.6 Å². The average molecular weight is 248 g/mol. The lowest BCUT2D eigenvalue weighted by Crippen LogP contribution is -2.44. The Labute approximate surface area is 107 Å². The highest BCUT2D eigenvalue weighted by molar-refractivity contribution is 5.95. The molecular weight excluding hydrogens is 228 g/mol. The number of nitrogens with two attached hydrogens (primary N) is 2. The number of ether oxygens (including phenoxy) is 1. The van der Waals surface area contributed by atoms with Gasteiger partial charge in [0.05, 0.1) is 12.2 Å². The molecule has 1 aromatic rings. The van der Waals surface area contributed by atoms with Gasteiger partial charge in [-0.3, -0.25) is 4.79 Å². The molecule has 0 aromatic heterocycles. The Morgan fingerprint density at radius 3 is 2.72 bits per heavy atom. The zero-order valence-corrected chi connectivity index (χ0v) is 10.7. The van der Waals surface area contributed by atoms with E-state index in [1.165, 1.54) is 0 Å². The van der Waals surface area contributed by atoms with Crippen LogP contribution in [0, 0.1) is 5.41 Å². The van der Waals surface area contributed by atoms with Crippen molar-refractivity contribution >= 4 is 5.91 Å². The lowest BCUT2D eigenvalue weighted by Gasteiger charge is -2.43. The molecule has 0 unspecified atom stereocenters. The van der Waals surface area contributed by atoms with E-state index in [9.17, 15) is 4.79 Å². The van der Waals surface area contributed by atoms with Gasteiger partial charge in [0.15, 0.2) is 0 Å². The van der Waals surface area contributed by atoms with E-state index in [1.54, 1.807) is 18.2 Å². The summed E-state index contributed by atoms with van der Waals surface area (Å²) in [5.74, 6) is 0.111. The van der Waals surface area contributed by atoms with Gasteiger partial charge in [0, 0.05) is 6.04 Å². The maximum absolute atomic E-state index is 11.2. The van der Waals surface area contributed by atoms with E-state index in [2.05, 4.69) is 6.92 Å². The zero-order valence-electron chi connectivity index (χ0n) is 10.7. The van der Waals surface area contributed by atoms with Crippen LogP contribution in [0.5, 0.6) is 5.75 Å². The van der Waals surface area contributed by atoms with Crippen LogP contribution in [0.1, 0.15) is 36.5 Å². The van der Waals surface area contributed by atoms with Crippen LogP contribution in [0.2, 0.25) is 0 Å². The summed E-state index contributed by atoms with van der Waals surface area (Å²) in [6.45, 7) is 2.81. The molecule has 1 aliphatic carbocycles. The summed E-state index contributed by atoms with van der Waals surface area (Å²) in [6.07, 6.45) is 3.05. The van der Waals surface area contributed by atoms with Gasteiger partial charge in [0.25, 0.3) is 5.91 Å². The molecule has 0 radical (unpaired) electrons. The Balaban J connectivity index is 1.89. The molecule has 18 heavy (non-hydrogen) atoms. The number of amides is 1. The number of hydrogen-bond acceptors (Lipinski definition) is 3. The summed E-state index contributed by atoms with van der Waals surface area (Å²) in [4.78, 5) is 11.2. The van der Waals surface area contributed by atoms with Crippen molar-refractivity contribution in [3.05, 3.63) is 29.8 Å². The van der Waals surface area contributed by atoms with E-state index < -0.39 is 5.91 Å². The Morgan fingerprint density at radius 1 is 1.44 bits per heavy atom. The van der Waals surface area contributed by atoms with Crippen molar-refractivity contribution in [3.8, 4) is 5.75 Å². The molecule has 1 saturated carbocycles. The summed E-state index contributed by atoms with van der Waals surface area (Å²) in [6, 6.07) is 7.41. The maximum Gasteiger partial charge on any atom is 0.252 e. The summed E-state index contributed by atoms with van der Waals surface area (Å²) >= 11 is 0. The van der Waals surface area contributed by atoms with Gasteiger partial charge in [-0.25, -0.2) is 0 Å². The fourth-order valence-corrected chi connectivity index (χ4v) is 2.61. The Bertz CT molecular complexity index is 439. The average Bonchev–Trinajstić information content (AvgIpc) is 2.27. The number of benzene rings is 1. The zero-order chi connectivity index (χ0) is 13.2. The van der Waals surface area contributed by atoms with Gasteiger partial charge >= 0.3 is 0 Å². The molecule has 2 rings (SSSR count). The van der Waals surface area contributed by atoms with Gasteiger partial charge < -0.3 is 16.2 Å². The first-order valence-corrected chi connectivity index (χ1v) is 6.27. The molecule has 1 amide bonds. The van der Waals surface area contributed by atoms with E-state index in [0.717, 1.165) is 19.3 Å². The highest BCUT2D eigenvalue weighted by atomic mass is 16.5. The molecule has 0 spiro atoms. The van der Waals surface area contributed by atoms with Gasteiger partial charge in [0.2, 0.25) is 0 Å². The predicted octanol–water partition coefficient (Wildman–Crippen LogP) is 1.68. The highest BCUT2D eigenvalue weighted by Crippen LogP contribution is 2.42. The third kappa shape index (κ3) is 2.82. The van der Waals surface area contributed by atoms with Crippen molar-refractivity contribution in [3.63, 3.8) is 0 Å². The summed E-state index contributed by atoms with van der Waals surface area (Å²) < 4.78 is 5.66. The van der Waals surface area contributed by atoms with Crippen LogP contribution in [-0.2, 0) is 0 Å². The molecule has 1 aromatic carbocycles. The van der Waals surface area contributed by atoms with E-state index in [0.29, 0.717) is 29.4 Å². The SMILES string of the molecule is CC1(CCOc2ccccc2C(N)=O)CC(N)C1. The highest BCUT2D eigenvalue weighted by Gasteiger charge is 2.37. The minimum atomic E-state index is -0.456. The van der Waals surface area contributed by atoms with Gasteiger partial charge in [-0.2, -0.15) is 0 Å². The molecule has 0 aliphatic heterocycles. The van der Waals surface area contributed by atoms with Crippen molar-refractivity contribution in [1.82, 2.24) is 0 Å². The lowest BCUT2D eigenvalue weighted by molar-refractivity contribution is 0.0912. The van der Waals surface area contributed by atoms with Gasteiger partial charge in [0.1, 0.15) is 5.75 Å². The van der Waals surface area contributed by atoms with Crippen molar-refractivity contribution in [1.29, 1.82) is 0 Å². The number of hydrogen-bond donors (Lipinski definition) is 2. The first-order chi connectivity index (χ1) is 8.50. The second-order valence-corrected chi connectivity index (χ2v) is 5.44. The molecule has 4 heteroatoms. The molecule has 1 aliphatic rings. The Kier molecular flexibility index (Phi) is 3.57. The molecule has 0 bridgehead atoms. The third-order valence-corrected chi connectivity index (χ3v) is 3.63.